The Labute approximate surface area is 56.1 Å². The van der Waals surface area contributed by atoms with E-state index in [-0.39, 0.29) is 11.3 Å². The monoisotopic (exact) mass is 140 g/mol. The Bertz CT molecular complexity index is 260. The molecule has 0 aliphatic heterocycles. The van der Waals surface area contributed by atoms with E-state index in [4.69, 9.17) is 5.11 Å². The lowest BCUT2D eigenvalue weighted by molar-refractivity contribution is 0.0692. The van der Waals surface area contributed by atoms with E-state index in [1.54, 1.807) is 0 Å². The van der Waals surface area contributed by atoms with E-state index >= 15 is 0 Å². The van der Waals surface area contributed by atoms with Gasteiger partial charge in [0.25, 0.3) is 0 Å². The summed E-state index contributed by atoms with van der Waals surface area (Å²) < 4.78 is 4.53. The van der Waals surface area contributed by atoms with Gasteiger partial charge in [0, 0.05) is 0 Å². The molecule has 0 saturated carbocycles. The number of furan rings is 1. The van der Waals surface area contributed by atoms with Crippen LogP contribution in [0.2, 0.25) is 0 Å². The van der Waals surface area contributed by atoms with Crippen LogP contribution in [0.3, 0.4) is 0 Å². The maximum absolute atomic E-state index is 10.2. The number of hydrogen-bond acceptors (Lipinski definition) is 3. The molecule has 1 N–H and O–H groups in total. The van der Waals surface area contributed by atoms with Crippen molar-refractivity contribution >= 4 is 12.3 Å². The van der Waals surface area contributed by atoms with Crippen molar-refractivity contribution in [2.45, 2.75) is 0 Å². The largest absolute Gasteiger partial charge is 0.478 e. The first kappa shape index (κ1) is 6.54. The van der Waals surface area contributed by atoms with Crippen LogP contribution in [-0.2, 0) is 0 Å². The summed E-state index contributed by atoms with van der Waals surface area (Å²) in [4.78, 5) is 20.3. The molecule has 1 aromatic heterocycles. The molecule has 0 aromatic carbocycles. The number of carboxylic acid groups (broad SMARTS) is 1. The van der Waals surface area contributed by atoms with Crippen molar-refractivity contribution in [3.63, 3.8) is 0 Å². The van der Waals surface area contributed by atoms with Gasteiger partial charge in [-0.15, -0.1) is 0 Å². The summed E-state index contributed by atoms with van der Waals surface area (Å²) in [5.74, 6) is -1.30. The van der Waals surface area contributed by atoms with E-state index in [2.05, 4.69) is 4.42 Å². The van der Waals surface area contributed by atoms with E-state index in [9.17, 15) is 9.59 Å². The number of rotatable bonds is 2. The summed E-state index contributed by atoms with van der Waals surface area (Å²) in [7, 11) is 0. The predicted molar refractivity (Wildman–Crippen MR) is 31.1 cm³/mol. The molecule has 0 radical (unpaired) electrons. The highest BCUT2D eigenvalue weighted by atomic mass is 16.4. The van der Waals surface area contributed by atoms with Crippen molar-refractivity contribution < 1.29 is 19.1 Å². The molecular weight excluding hydrogens is 136 g/mol. The Balaban J connectivity index is 3.13. The number of carbonyl (C=O) groups excluding carboxylic acids is 1. The van der Waals surface area contributed by atoms with Gasteiger partial charge in [0.1, 0.15) is 5.56 Å². The standard InChI is InChI=1S/C6H4O4/c7-3-5-4(6(8)9)1-2-10-5/h1-3H,(H,8,9). The van der Waals surface area contributed by atoms with Crippen LogP contribution in [0.5, 0.6) is 0 Å². The quantitative estimate of drug-likeness (QED) is 0.616. The molecule has 10 heavy (non-hydrogen) atoms. The number of aldehydes is 1. The molecule has 0 amide bonds. The van der Waals surface area contributed by atoms with Crippen LogP contribution >= 0.6 is 0 Å². The molecule has 0 saturated heterocycles. The first-order valence-corrected chi connectivity index (χ1v) is 2.51. The summed E-state index contributed by atoms with van der Waals surface area (Å²) in [5, 5.41) is 8.37. The summed E-state index contributed by atoms with van der Waals surface area (Å²) in [6.45, 7) is 0. The SMILES string of the molecule is O=Cc1occc1C(=O)O. The molecule has 1 heterocycles. The van der Waals surface area contributed by atoms with Gasteiger partial charge in [0.2, 0.25) is 0 Å². The van der Waals surface area contributed by atoms with Crippen LogP contribution in [-0.4, -0.2) is 17.4 Å². The maximum Gasteiger partial charge on any atom is 0.339 e. The zero-order valence-corrected chi connectivity index (χ0v) is 4.90. The van der Waals surface area contributed by atoms with E-state index in [1.807, 2.05) is 0 Å². The summed E-state index contributed by atoms with van der Waals surface area (Å²) in [6, 6.07) is 1.23. The van der Waals surface area contributed by atoms with Crippen LogP contribution < -0.4 is 0 Å². The van der Waals surface area contributed by atoms with Gasteiger partial charge in [-0.05, 0) is 6.07 Å². The zero-order chi connectivity index (χ0) is 7.56. The van der Waals surface area contributed by atoms with Crippen molar-refractivity contribution in [3.05, 3.63) is 23.7 Å². The summed E-state index contributed by atoms with van der Waals surface area (Å²) in [5.41, 5.74) is -0.102. The molecule has 0 aliphatic rings. The first-order valence-electron chi connectivity index (χ1n) is 2.51. The molecule has 1 aromatic rings. The second-order valence-electron chi connectivity index (χ2n) is 1.62. The summed E-state index contributed by atoms with van der Waals surface area (Å²) >= 11 is 0. The normalized spacial score (nSPS) is 9.20. The lowest BCUT2D eigenvalue weighted by Crippen LogP contribution is -1.96. The van der Waals surface area contributed by atoms with Crippen molar-refractivity contribution in [2.24, 2.45) is 0 Å². The van der Waals surface area contributed by atoms with Gasteiger partial charge in [-0.25, -0.2) is 4.79 Å². The van der Waals surface area contributed by atoms with Gasteiger partial charge >= 0.3 is 5.97 Å². The van der Waals surface area contributed by atoms with Crippen molar-refractivity contribution in [3.8, 4) is 0 Å². The highest BCUT2D eigenvalue weighted by Gasteiger charge is 2.11. The van der Waals surface area contributed by atoms with Crippen LogP contribution in [0.1, 0.15) is 20.9 Å². The molecule has 0 aliphatic carbocycles. The average molecular weight is 140 g/mol. The zero-order valence-electron chi connectivity index (χ0n) is 4.90. The van der Waals surface area contributed by atoms with Gasteiger partial charge in [-0.1, -0.05) is 0 Å². The Morgan fingerprint density at radius 3 is 2.80 bits per heavy atom. The predicted octanol–water partition coefficient (Wildman–Crippen LogP) is 0.790. The third-order valence-corrected chi connectivity index (χ3v) is 1.03. The van der Waals surface area contributed by atoms with Crippen molar-refractivity contribution in [1.82, 2.24) is 0 Å². The molecule has 4 nitrogen and oxygen atoms in total. The minimum absolute atomic E-state index is 0.102. The second-order valence-corrected chi connectivity index (χ2v) is 1.62. The van der Waals surface area contributed by atoms with Gasteiger partial charge in [0.15, 0.2) is 12.0 Å². The van der Waals surface area contributed by atoms with Crippen molar-refractivity contribution in [2.75, 3.05) is 0 Å². The van der Waals surface area contributed by atoms with Gasteiger partial charge in [-0.2, -0.15) is 0 Å². The fourth-order valence-corrected chi connectivity index (χ4v) is 0.589. The Kier molecular flexibility index (Phi) is 1.53. The highest BCUT2D eigenvalue weighted by Crippen LogP contribution is 2.06. The lowest BCUT2D eigenvalue weighted by Gasteiger charge is -1.84. The third-order valence-electron chi connectivity index (χ3n) is 1.03. The topological polar surface area (TPSA) is 67.5 Å². The van der Waals surface area contributed by atoms with Gasteiger partial charge in [0.05, 0.1) is 6.26 Å². The maximum atomic E-state index is 10.2. The fraction of sp³-hybridized carbons (Fsp3) is 0. The molecule has 0 bridgehead atoms. The van der Waals surface area contributed by atoms with Crippen LogP contribution in [0.25, 0.3) is 0 Å². The minimum atomic E-state index is -1.16. The molecule has 52 valence electrons. The van der Waals surface area contributed by atoms with E-state index in [1.165, 1.54) is 6.07 Å². The summed E-state index contributed by atoms with van der Waals surface area (Å²) in [6.07, 6.45) is 1.52. The van der Waals surface area contributed by atoms with E-state index in [0.29, 0.717) is 6.29 Å². The van der Waals surface area contributed by atoms with Crippen molar-refractivity contribution in [1.29, 1.82) is 0 Å². The highest BCUT2D eigenvalue weighted by molar-refractivity contribution is 5.95. The molecule has 1 rings (SSSR count). The first-order chi connectivity index (χ1) is 4.75. The Hall–Kier alpha value is -1.58. The fourth-order valence-electron chi connectivity index (χ4n) is 0.589. The number of carbonyl (C=O) groups is 2. The van der Waals surface area contributed by atoms with Crippen LogP contribution in [0.15, 0.2) is 16.7 Å². The molecule has 0 spiro atoms. The van der Waals surface area contributed by atoms with Gasteiger partial charge < -0.3 is 9.52 Å². The number of hydrogen-bond donors (Lipinski definition) is 1. The number of carboxylic acids is 1. The third kappa shape index (κ3) is 0.907. The molecule has 0 unspecified atom stereocenters. The second kappa shape index (κ2) is 2.34. The number of aromatic carboxylic acids is 1. The lowest BCUT2D eigenvalue weighted by atomic mass is 10.3. The van der Waals surface area contributed by atoms with Gasteiger partial charge in [-0.3, -0.25) is 4.79 Å². The molecule has 4 heteroatoms. The minimum Gasteiger partial charge on any atom is -0.478 e. The van der Waals surface area contributed by atoms with Crippen LogP contribution in [0, 0.1) is 0 Å². The Morgan fingerprint density at radius 1 is 1.70 bits per heavy atom. The van der Waals surface area contributed by atoms with Crippen LogP contribution in [0.4, 0.5) is 0 Å². The van der Waals surface area contributed by atoms with E-state index in [0.717, 1.165) is 6.26 Å². The smallest absolute Gasteiger partial charge is 0.339 e. The molecular formula is C6H4O4. The van der Waals surface area contributed by atoms with E-state index < -0.39 is 5.97 Å². The molecule has 0 atom stereocenters. The average Bonchev–Trinajstić information content (AvgIpc) is 2.33. The Morgan fingerprint density at radius 2 is 2.40 bits per heavy atom. The molecule has 0 fully saturated rings.